The van der Waals surface area contributed by atoms with Crippen LogP contribution in [0, 0.1) is 12.7 Å². The zero-order chi connectivity index (χ0) is 11.7. The van der Waals surface area contributed by atoms with Gasteiger partial charge in [0.15, 0.2) is 0 Å². The van der Waals surface area contributed by atoms with E-state index < -0.39 is 5.82 Å². The summed E-state index contributed by atoms with van der Waals surface area (Å²) in [5, 5.41) is 2.15. The monoisotopic (exact) mass is 254 g/mol. The van der Waals surface area contributed by atoms with Crippen LogP contribution in [0.5, 0.6) is 0 Å². The molecule has 0 saturated heterocycles. The fourth-order valence-electron chi connectivity index (χ4n) is 1.45. The quantitative estimate of drug-likeness (QED) is 0.738. The van der Waals surface area contributed by atoms with Gasteiger partial charge in [0.05, 0.1) is 9.90 Å². The van der Waals surface area contributed by atoms with E-state index >= 15 is 0 Å². The highest BCUT2D eigenvalue weighted by Crippen LogP contribution is 2.25. The van der Waals surface area contributed by atoms with Crippen LogP contribution in [0.1, 0.15) is 20.8 Å². The lowest BCUT2D eigenvalue weighted by Gasteiger charge is -2.01. The predicted molar refractivity (Wildman–Crippen MR) is 63.9 cm³/mol. The number of benzene rings is 1. The van der Waals surface area contributed by atoms with Crippen molar-refractivity contribution in [3.8, 4) is 0 Å². The molecule has 0 aliphatic rings. The van der Waals surface area contributed by atoms with E-state index in [9.17, 15) is 9.18 Å². The largest absolute Gasteiger partial charge is 0.288 e. The first-order chi connectivity index (χ1) is 7.58. The Hall–Kier alpha value is -1.19. The van der Waals surface area contributed by atoms with E-state index in [1.807, 2.05) is 0 Å². The Kier molecular flexibility index (Phi) is 3.08. The van der Waals surface area contributed by atoms with Crippen molar-refractivity contribution >= 4 is 28.7 Å². The SMILES string of the molecule is Cc1cc(F)cc(C(=O)c2sccc2Cl)c1. The number of carbonyl (C=O) groups is 1. The average molecular weight is 255 g/mol. The normalized spacial score (nSPS) is 10.4. The summed E-state index contributed by atoms with van der Waals surface area (Å²) >= 11 is 7.12. The maximum atomic E-state index is 13.1. The number of carbonyl (C=O) groups excluding carboxylic acids is 1. The first-order valence-corrected chi connectivity index (χ1v) is 5.88. The highest BCUT2D eigenvalue weighted by Gasteiger charge is 2.15. The summed E-state index contributed by atoms with van der Waals surface area (Å²) in [6.07, 6.45) is 0. The van der Waals surface area contributed by atoms with E-state index in [0.717, 1.165) is 5.56 Å². The summed E-state index contributed by atoms with van der Waals surface area (Å²) in [5.41, 5.74) is 1.05. The molecule has 4 heteroatoms. The molecule has 0 saturated carbocycles. The van der Waals surface area contributed by atoms with Gasteiger partial charge in [-0.2, -0.15) is 0 Å². The second-order valence-corrected chi connectivity index (χ2v) is 4.77. The van der Waals surface area contributed by atoms with Gasteiger partial charge >= 0.3 is 0 Å². The van der Waals surface area contributed by atoms with Crippen LogP contribution < -0.4 is 0 Å². The molecule has 82 valence electrons. The van der Waals surface area contributed by atoms with Gasteiger partial charge in [-0.1, -0.05) is 11.6 Å². The summed E-state index contributed by atoms with van der Waals surface area (Å²) in [6, 6.07) is 5.92. The van der Waals surface area contributed by atoms with Crippen molar-refractivity contribution < 1.29 is 9.18 Å². The fourth-order valence-corrected chi connectivity index (χ4v) is 2.56. The van der Waals surface area contributed by atoms with Gasteiger partial charge in [-0.05, 0) is 42.1 Å². The van der Waals surface area contributed by atoms with E-state index in [0.29, 0.717) is 15.5 Å². The summed E-state index contributed by atoms with van der Waals surface area (Å²) in [4.78, 5) is 12.4. The molecule has 1 aromatic heterocycles. The van der Waals surface area contributed by atoms with Crippen molar-refractivity contribution in [3.63, 3.8) is 0 Å². The van der Waals surface area contributed by atoms with Crippen molar-refractivity contribution in [2.75, 3.05) is 0 Å². The first-order valence-electron chi connectivity index (χ1n) is 4.63. The third kappa shape index (κ3) is 2.15. The Morgan fingerprint density at radius 3 is 2.69 bits per heavy atom. The van der Waals surface area contributed by atoms with Crippen LogP contribution in [0.25, 0.3) is 0 Å². The third-order valence-corrected chi connectivity index (χ3v) is 3.47. The standard InChI is InChI=1S/C12H8ClFOS/c1-7-4-8(6-9(14)5-7)11(15)12-10(13)2-3-16-12/h2-6H,1H3. The highest BCUT2D eigenvalue weighted by molar-refractivity contribution is 7.13. The molecule has 0 radical (unpaired) electrons. The Bertz CT molecular complexity index is 527. The maximum Gasteiger partial charge on any atom is 0.204 e. The Labute approximate surface area is 101 Å². The van der Waals surface area contributed by atoms with Crippen LogP contribution in [0.4, 0.5) is 4.39 Å². The molecule has 2 rings (SSSR count). The van der Waals surface area contributed by atoms with Gasteiger partial charge in [-0.3, -0.25) is 4.79 Å². The lowest BCUT2D eigenvalue weighted by Crippen LogP contribution is -2.00. The van der Waals surface area contributed by atoms with Crippen LogP contribution in [0.2, 0.25) is 5.02 Å². The molecule has 0 amide bonds. The molecule has 1 heterocycles. The molecule has 0 aliphatic carbocycles. The van der Waals surface area contributed by atoms with Crippen molar-refractivity contribution in [1.82, 2.24) is 0 Å². The summed E-state index contributed by atoms with van der Waals surface area (Å²) in [6.45, 7) is 1.75. The number of ketones is 1. The summed E-state index contributed by atoms with van der Waals surface area (Å²) in [7, 11) is 0. The molecule has 0 N–H and O–H groups in total. The number of halogens is 2. The van der Waals surface area contributed by atoms with Gasteiger partial charge in [-0.15, -0.1) is 11.3 Å². The smallest absolute Gasteiger partial charge is 0.204 e. The molecule has 1 aromatic carbocycles. The van der Waals surface area contributed by atoms with E-state index in [1.165, 1.54) is 23.5 Å². The second-order valence-electron chi connectivity index (χ2n) is 3.44. The Morgan fingerprint density at radius 1 is 1.38 bits per heavy atom. The topological polar surface area (TPSA) is 17.1 Å². The van der Waals surface area contributed by atoms with Gasteiger partial charge in [0, 0.05) is 5.56 Å². The van der Waals surface area contributed by atoms with Crippen molar-refractivity contribution in [1.29, 1.82) is 0 Å². The molecule has 0 fully saturated rings. The molecular formula is C12H8ClFOS. The van der Waals surface area contributed by atoms with Gasteiger partial charge in [0.25, 0.3) is 0 Å². The average Bonchev–Trinajstić information content (AvgIpc) is 2.62. The molecule has 1 nitrogen and oxygen atoms in total. The van der Waals surface area contributed by atoms with Crippen molar-refractivity contribution in [2.24, 2.45) is 0 Å². The number of aryl methyl sites for hydroxylation is 1. The number of hydrogen-bond donors (Lipinski definition) is 0. The van der Waals surface area contributed by atoms with Gasteiger partial charge < -0.3 is 0 Å². The molecule has 0 spiro atoms. The minimum atomic E-state index is -0.406. The van der Waals surface area contributed by atoms with Gasteiger partial charge in [0.2, 0.25) is 5.78 Å². The van der Waals surface area contributed by atoms with E-state index in [-0.39, 0.29) is 5.78 Å². The molecule has 0 bridgehead atoms. The molecule has 0 aliphatic heterocycles. The van der Waals surface area contributed by atoms with E-state index in [4.69, 9.17) is 11.6 Å². The number of hydrogen-bond acceptors (Lipinski definition) is 2. The lowest BCUT2D eigenvalue weighted by molar-refractivity contribution is 0.104. The Balaban J connectivity index is 2.45. The van der Waals surface area contributed by atoms with Crippen molar-refractivity contribution in [3.05, 3.63) is 56.5 Å². The highest BCUT2D eigenvalue weighted by atomic mass is 35.5. The molecular weight excluding hydrogens is 247 g/mol. The molecule has 16 heavy (non-hydrogen) atoms. The fraction of sp³-hybridized carbons (Fsp3) is 0.0833. The first kappa shape index (κ1) is 11.3. The van der Waals surface area contributed by atoms with Crippen LogP contribution in [0.15, 0.2) is 29.6 Å². The maximum absolute atomic E-state index is 13.1. The molecule has 2 aromatic rings. The summed E-state index contributed by atoms with van der Waals surface area (Å²) < 4.78 is 13.1. The van der Waals surface area contributed by atoms with Crippen molar-refractivity contribution in [2.45, 2.75) is 6.92 Å². The molecule has 0 unspecified atom stereocenters. The minimum Gasteiger partial charge on any atom is -0.288 e. The van der Waals surface area contributed by atoms with E-state index in [2.05, 4.69) is 0 Å². The zero-order valence-corrected chi connectivity index (χ0v) is 10.0. The third-order valence-electron chi connectivity index (χ3n) is 2.13. The van der Waals surface area contributed by atoms with E-state index in [1.54, 1.807) is 24.4 Å². The van der Waals surface area contributed by atoms with Gasteiger partial charge in [-0.25, -0.2) is 4.39 Å². The second kappa shape index (κ2) is 4.36. The molecule has 0 atom stereocenters. The van der Waals surface area contributed by atoms with Crippen LogP contribution in [-0.4, -0.2) is 5.78 Å². The number of rotatable bonds is 2. The van der Waals surface area contributed by atoms with Crippen LogP contribution in [-0.2, 0) is 0 Å². The van der Waals surface area contributed by atoms with Crippen LogP contribution >= 0.6 is 22.9 Å². The summed E-state index contributed by atoms with van der Waals surface area (Å²) in [5.74, 6) is -0.640. The predicted octanol–water partition coefficient (Wildman–Crippen LogP) is 4.08. The minimum absolute atomic E-state index is 0.234. The lowest BCUT2D eigenvalue weighted by atomic mass is 10.1. The van der Waals surface area contributed by atoms with Crippen LogP contribution in [0.3, 0.4) is 0 Å². The van der Waals surface area contributed by atoms with Gasteiger partial charge in [0.1, 0.15) is 5.82 Å². The number of thiophene rings is 1. The zero-order valence-electron chi connectivity index (χ0n) is 8.46. The Morgan fingerprint density at radius 2 is 2.12 bits per heavy atom.